The molecule has 0 saturated carbocycles. The zero-order valence-electron chi connectivity index (χ0n) is 15.1. The van der Waals surface area contributed by atoms with Crippen molar-refractivity contribution in [2.75, 3.05) is 51.1 Å². The van der Waals surface area contributed by atoms with Crippen LogP contribution in [0.5, 0.6) is 11.5 Å². The molecule has 0 heterocycles. The second kappa shape index (κ2) is 10.1. The molecule has 0 unspecified atom stereocenters. The molecule has 1 rings (SSSR count). The standard InChI is InChI=1S/C16H26N2O6S/c1-5-24-10-6-9-17-16(19)12-18(25(4,20)21)13-7-8-14(22-2)15(11-13)23-3/h7-8,11H,5-6,9-10,12H2,1-4H3,(H,17,19). The van der Waals surface area contributed by atoms with Crippen LogP contribution in [0.15, 0.2) is 18.2 Å². The van der Waals surface area contributed by atoms with Gasteiger partial charge >= 0.3 is 0 Å². The molecule has 0 atom stereocenters. The van der Waals surface area contributed by atoms with Crippen molar-refractivity contribution in [2.24, 2.45) is 0 Å². The number of anilines is 1. The van der Waals surface area contributed by atoms with Crippen LogP contribution in [-0.4, -0.2) is 61.1 Å². The summed E-state index contributed by atoms with van der Waals surface area (Å²) in [4.78, 5) is 12.1. The van der Waals surface area contributed by atoms with Gasteiger partial charge in [0, 0.05) is 25.8 Å². The first-order chi connectivity index (χ1) is 11.8. The smallest absolute Gasteiger partial charge is 0.240 e. The largest absolute Gasteiger partial charge is 0.493 e. The van der Waals surface area contributed by atoms with Crippen molar-refractivity contribution in [2.45, 2.75) is 13.3 Å². The molecule has 1 N–H and O–H groups in total. The van der Waals surface area contributed by atoms with E-state index >= 15 is 0 Å². The van der Waals surface area contributed by atoms with Gasteiger partial charge in [-0.2, -0.15) is 0 Å². The van der Waals surface area contributed by atoms with Crippen molar-refractivity contribution in [1.82, 2.24) is 5.32 Å². The van der Waals surface area contributed by atoms with Gasteiger partial charge in [-0.25, -0.2) is 8.42 Å². The van der Waals surface area contributed by atoms with E-state index in [1.807, 2.05) is 6.92 Å². The number of nitrogens with one attached hydrogen (secondary N) is 1. The highest BCUT2D eigenvalue weighted by atomic mass is 32.2. The highest BCUT2D eigenvalue weighted by Gasteiger charge is 2.22. The van der Waals surface area contributed by atoms with Crippen LogP contribution in [0.3, 0.4) is 0 Å². The molecule has 1 aromatic carbocycles. The maximum Gasteiger partial charge on any atom is 0.240 e. The molecule has 0 fully saturated rings. The van der Waals surface area contributed by atoms with Gasteiger partial charge < -0.3 is 19.5 Å². The first kappa shape index (κ1) is 21.0. The van der Waals surface area contributed by atoms with Crippen molar-refractivity contribution in [3.05, 3.63) is 18.2 Å². The minimum Gasteiger partial charge on any atom is -0.493 e. The second-order valence-electron chi connectivity index (χ2n) is 5.21. The Morgan fingerprint density at radius 3 is 2.44 bits per heavy atom. The van der Waals surface area contributed by atoms with Crippen molar-refractivity contribution >= 4 is 21.6 Å². The lowest BCUT2D eigenvalue weighted by Gasteiger charge is -2.23. The number of rotatable bonds is 11. The Labute approximate surface area is 149 Å². The van der Waals surface area contributed by atoms with E-state index in [0.29, 0.717) is 43.4 Å². The normalized spacial score (nSPS) is 11.0. The Morgan fingerprint density at radius 2 is 1.88 bits per heavy atom. The molecule has 0 spiro atoms. The average Bonchev–Trinajstić information content (AvgIpc) is 2.58. The monoisotopic (exact) mass is 374 g/mol. The summed E-state index contributed by atoms with van der Waals surface area (Å²) >= 11 is 0. The fourth-order valence-electron chi connectivity index (χ4n) is 2.11. The zero-order chi connectivity index (χ0) is 18.9. The van der Waals surface area contributed by atoms with Crippen LogP contribution in [0.25, 0.3) is 0 Å². The van der Waals surface area contributed by atoms with E-state index < -0.39 is 15.9 Å². The van der Waals surface area contributed by atoms with Gasteiger partial charge in [-0.15, -0.1) is 0 Å². The third kappa shape index (κ3) is 6.79. The molecule has 0 aromatic heterocycles. The number of hydrogen-bond acceptors (Lipinski definition) is 6. The molecule has 8 nitrogen and oxygen atoms in total. The lowest BCUT2D eigenvalue weighted by atomic mass is 10.2. The van der Waals surface area contributed by atoms with Gasteiger partial charge in [0.05, 0.1) is 26.2 Å². The van der Waals surface area contributed by atoms with E-state index in [-0.39, 0.29) is 6.54 Å². The fraction of sp³-hybridized carbons (Fsp3) is 0.562. The third-order valence-corrected chi connectivity index (χ3v) is 4.47. The number of carbonyl (C=O) groups excluding carboxylic acids is 1. The lowest BCUT2D eigenvalue weighted by molar-refractivity contribution is -0.119. The van der Waals surface area contributed by atoms with E-state index in [0.717, 1.165) is 10.6 Å². The molecule has 0 bridgehead atoms. The van der Waals surface area contributed by atoms with E-state index in [1.165, 1.54) is 20.3 Å². The quantitative estimate of drug-likeness (QED) is 0.581. The van der Waals surface area contributed by atoms with Crippen molar-refractivity contribution in [3.8, 4) is 11.5 Å². The first-order valence-electron chi connectivity index (χ1n) is 7.87. The fourth-order valence-corrected chi connectivity index (χ4v) is 2.96. The van der Waals surface area contributed by atoms with Crippen molar-refractivity contribution in [1.29, 1.82) is 0 Å². The minimum absolute atomic E-state index is 0.317. The SMILES string of the molecule is CCOCCCNC(=O)CN(c1ccc(OC)c(OC)c1)S(C)(=O)=O. The number of hydrogen-bond donors (Lipinski definition) is 1. The molecule has 0 aliphatic carbocycles. The van der Waals surface area contributed by atoms with Crippen LogP contribution >= 0.6 is 0 Å². The zero-order valence-corrected chi connectivity index (χ0v) is 15.9. The number of methoxy groups -OCH3 is 2. The van der Waals surface area contributed by atoms with Crippen molar-refractivity contribution < 1.29 is 27.4 Å². The molecule has 0 aliphatic rings. The Hall–Kier alpha value is -2.00. The summed E-state index contributed by atoms with van der Waals surface area (Å²) in [6.07, 6.45) is 1.71. The summed E-state index contributed by atoms with van der Waals surface area (Å²) in [5.41, 5.74) is 0.324. The summed E-state index contributed by atoms with van der Waals surface area (Å²) in [6.45, 7) is 3.16. The van der Waals surface area contributed by atoms with E-state index in [9.17, 15) is 13.2 Å². The number of nitrogens with zero attached hydrogens (tertiary/aromatic N) is 1. The molecule has 0 saturated heterocycles. The maximum absolute atomic E-state index is 12.1. The van der Waals surface area contributed by atoms with Gasteiger partial charge in [-0.1, -0.05) is 0 Å². The molecule has 9 heteroatoms. The van der Waals surface area contributed by atoms with Gasteiger partial charge in [0.1, 0.15) is 6.54 Å². The summed E-state index contributed by atoms with van der Waals surface area (Å²) in [7, 11) is -0.702. The predicted octanol–water partition coefficient (Wildman–Crippen LogP) is 1.01. The van der Waals surface area contributed by atoms with Gasteiger partial charge in [0.25, 0.3) is 0 Å². The Kier molecular flexibility index (Phi) is 8.50. The first-order valence-corrected chi connectivity index (χ1v) is 9.72. The number of sulfonamides is 1. The molecule has 1 amide bonds. The average molecular weight is 374 g/mol. The van der Waals surface area contributed by atoms with E-state index in [4.69, 9.17) is 14.2 Å². The van der Waals surface area contributed by atoms with Crippen molar-refractivity contribution in [3.63, 3.8) is 0 Å². The molecule has 25 heavy (non-hydrogen) atoms. The summed E-state index contributed by atoms with van der Waals surface area (Å²) in [5, 5.41) is 2.68. The van der Waals surface area contributed by atoms with Gasteiger partial charge in [-0.05, 0) is 25.5 Å². The van der Waals surface area contributed by atoms with Gasteiger partial charge in [0.2, 0.25) is 15.9 Å². The van der Waals surface area contributed by atoms with Crippen LogP contribution in [0.4, 0.5) is 5.69 Å². The number of ether oxygens (including phenoxy) is 3. The summed E-state index contributed by atoms with van der Waals surface area (Å²) in [5.74, 6) is 0.461. The molecule has 0 aliphatic heterocycles. The third-order valence-electron chi connectivity index (χ3n) is 3.33. The Bertz CT molecular complexity index is 663. The van der Waals surface area contributed by atoms with Crippen LogP contribution in [0, 0.1) is 0 Å². The lowest BCUT2D eigenvalue weighted by Crippen LogP contribution is -2.40. The summed E-state index contributed by atoms with van der Waals surface area (Å²) in [6, 6.07) is 4.67. The molecule has 1 aromatic rings. The maximum atomic E-state index is 12.1. The minimum atomic E-state index is -3.65. The number of carbonyl (C=O) groups is 1. The Balaban J connectivity index is 2.84. The van der Waals surface area contributed by atoms with E-state index in [2.05, 4.69) is 5.32 Å². The highest BCUT2D eigenvalue weighted by Crippen LogP contribution is 2.32. The molecular formula is C16H26N2O6S. The predicted molar refractivity (Wildman–Crippen MR) is 95.9 cm³/mol. The molecule has 142 valence electrons. The van der Waals surface area contributed by atoms with Crippen LogP contribution in [0.2, 0.25) is 0 Å². The van der Waals surface area contributed by atoms with Gasteiger partial charge in [-0.3, -0.25) is 9.10 Å². The van der Waals surface area contributed by atoms with Gasteiger partial charge in [0.15, 0.2) is 11.5 Å². The van der Waals surface area contributed by atoms with Crippen LogP contribution in [0.1, 0.15) is 13.3 Å². The highest BCUT2D eigenvalue weighted by molar-refractivity contribution is 7.92. The Morgan fingerprint density at radius 1 is 1.20 bits per heavy atom. The molecular weight excluding hydrogens is 348 g/mol. The topological polar surface area (TPSA) is 94.2 Å². The van der Waals surface area contributed by atoms with Crippen LogP contribution in [-0.2, 0) is 19.6 Å². The van der Waals surface area contributed by atoms with Crippen LogP contribution < -0.4 is 19.1 Å². The molecule has 0 radical (unpaired) electrons. The number of amides is 1. The van der Waals surface area contributed by atoms with E-state index in [1.54, 1.807) is 12.1 Å². The second-order valence-corrected chi connectivity index (χ2v) is 7.12. The summed E-state index contributed by atoms with van der Waals surface area (Å²) < 4.78 is 40.7. The number of benzene rings is 1.